The molecule has 3 heterocycles. The average molecular weight is 891 g/mol. The van der Waals surface area contributed by atoms with Crippen LogP contribution in [-0.2, 0) is 26.5 Å². The summed E-state index contributed by atoms with van der Waals surface area (Å²) in [5.41, 5.74) is 9.63. The second-order valence-electron chi connectivity index (χ2n) is 15.7. The van der Waals surface area contributed by atoms with Gasteiger partial charge < -0.3 is 9.97 Å². The Bertz CT molecular complexity index is 2280. The molecule has 52 heavy (non-hydrogen) atoms. The Balaban J connectivity index is 0.000000198. The largest absolute Gasteiger partial charge is 0.305 e. The summed E-state index contributed by atoms with van der Waals surface area (Å²) in [6.07, 6.45) is 12.6. The molecule has 3 aromatic heterocycles. The molecule has 0 N–H and O–H groups in total. The van der Waals surface area contributed by atoms with Crippen LogP contribution >= 0.6 is 11.3 Å². The maximum absolute atomic E-state index is 4.81. The third kappa shape index (κ3) is 7.80. The summed E-state index contributed by atoms with van der Waals surface area (Å²) in [5, 5.41) is 4.08. The first-order valence-corrected chi connectivity index (χ1v) is 22.9. The van der Waals surface area contributed by atoms with E-state index in [1.54, 1.807) is 0 Å². The van der Waals surface area contributed by atoms with Crippen molar-refractivity contribution in [1.29, 1.82) is 0 Å². The number of pyridine rings is 2. The average Bonchev–Trinajstić information content (AvgIpc) is 3.54. The van der Waals surface area contributed by atoms with Gasteiger partial charge in [0.05, 0.1) is 8.07 Å². The van der Waals surface area contributed by atoms with Gasteiger partial charge in [-0.05, 0) is 106 Å². The minimum absolute atomic E-state index is 0. The fourth-order valence-corrected chi connectivity index (χ4v) is 11.5. The first kappa shape index (κ1) is 36.6. The van der Waals surface area contributed by atoms with E-state index in [1.165, 1.54) is 86.1 Å². The summed E-state index contributed by atoms with van der Waals surface area (Å²) in [6, 6.07) is 43.3. The van der Waals surface area contributed by atoms with Crippen LogP contribution < -0.4 is 5.19 Å². The van der Waals surface area contributed by atoms with Gasteiger partial charge in [-0.3, -0.25) is 0 Å². The monoisotopic (exact) mass is 891 g/mol. The number of thiophene rings is 1. The predicted octanol–water partition coefficient (Wildman–Crippen LogP) is 12.4. The predicted molar refractivity (Wildman–Crippen MR) is 220 cm³/mol. The summed E-state index contributed by atoms with van der Waals surface area (Å²) in [7, 11) is -1.27. The molecule has 4 aromatic carbocycles. The van der Waals surface area contributed by atoms with Crippen LogP contribution in [0.3, 0.4) is 0 Å². The molecule has 3 saturated carbocycles. The van der Waals surface area contributed by atoms with Gasteiger partial charge in [0.25, 0.3) is 0 Å². The van der Waals surface area contributed by atoms with Gasteiger partial charge in [0, 0.05) is 37.2 Å². The van der Waals surface area contributed by atoms with Crippen molar-refractivity contribution >= 4 is 44.8 Å². The van der Waals surface area contributed by atoms with Crippen molar-refractivity contribution < 1.29 is 20.1 Å². The zero-order valence-corrected chi connectivity index (χ0v) is 34.8. The van der Waals surface area contributed by atoms with Crippen molar-refractivity contribution in [2.45, 2.75) is 65.1 Å². The van der Waals surface area contributed by atoms with Gasteiger partial charge in [-0.15, -0.1) is 59.7 Å². The Morgan fingerprint density at radius 1 is 0.750 bits per heavy atom. The maximum atomic E-state index is 4.81. The molecule has 265 valence electrons. The number of nitrogens with zero attached hydrogens (tertiary/aromatic N) is 2. The molecule has 7 aromatic rings. The molecule has 1 atom stereocenters. The molecule has 2 bridgehead atoms. The Kier molecular flexibility index (Phi) is 11.1. The van der Waals surface area contributed by atoms with Crippen LogP contribution in [0.5, 0.6) is 0 Å². The van der Waals surface area contributed by atoms with Crippen LogP contribution in [0.2, 0.25) is 19.6 Å². The smallest absolute Gasteiger partial charge is 0.0798 e. The summed E-state index contributed by atoms with van der Waals surface area (Å²) in [6.45, 7) is 9.24. The number of aryl methyl sites for hydroxylation is 1. The summed E-state index contributed by atoms with van der Waals surface area (Å²) in [5.74, 6) is 2.79. The first-order chi connectivity index (χ1) is 24.8. The second-order valence-corrected chi connectivity index (χ2v) is 21.8. The van der Waals surface area contributed by atoms with Gasteiger partial charge in [-0.1, -0.05) is 97.5 Å². The number of benzene rings is 4. The Labute approximate surface area is 328 Å². The topological polar surface area (TPSA) is 25.8 Å². The quantitative estimate of drug-likeness (QED) is 0.123. The summed E-state index contributed by atoms with van der Waals surface area (Å²) >= 11 is 1.87. The van der Waals surface area contributed by atoms with Crippen molar-refractivity contribution in [2.24, 2.45) is 17.8 Å². The molecule has 1 unspecified atom stereocenters. The maximum Gasteiger partial charge on any atom is 0.0798 e. The van der Waals surface area contributed by atoms with E-state index in [1.807, 2.05) is 35.7 Å². The van der Waals surface area contributed by atoms with Crippen LogP contribution in [0.15, 0.2) is 116 Å². The minimum atomic E-state index is -1.27. The molecule has 3 fully saturated rings. The number of rotatable bonds is 6. The van der Waals surface area contributed by atoms with Crippen molar-refractivity contribution in [3.05, 3.63) is 139 Å². The Morgan fingerprint density at radius 3 is 2.27 bits per heavy atom. The Morgan fingerprint density at radius 2 is 1.56 bits per heavy atom. The fourth-order valence-electron chi connectivity index (χ4n) is 8.59. The van der Waals surface area contributed by atoms with E-state index < -0.39 is 8.07 Å². The van der Waals surface area contributed by atoms with Crippen LogP contribution in [0.4, 0.5) is 0 Å². The van der Waals surface area contributed by atoms with Gasteiger partial charge in [0.2, 0.25) is 0 Å². The van der Waals surface area contributed by atoms with Crippen LogP contribution in [-0.4, -0.2) is 18.0 Å². The van der Waals surface area contributed by atoms with Crippen LogP contribution in [0, 0.1) is 36.8 Å². The zero-order chi connectivity index (χ0) is 35.0. The number of fused-ring (bicyclic) bond motifs is 6. The van der Waals surface area contributed by atoms with Crippen LogP contribution in [0.1, 0.15) is 43.2 Å². The number of hydrogen-bond acceptors (Lipinski definition) is 3. The zero-order valence-electron chi connectivity index (χ0n) is 30.6. The van der Waals surface area contributed by atoms with Gasteiger partial charge in [-0.25, -0.2) is 0 Å². The van der Waals surface area contributed by atoms with Gasteiger partial charge >= 0.3 is 0 Å². The Hall–Kier alpha value is -3.73. The third-order valence-corrected chi connectivity index (χ3v) is 14.6. The summed E-state index contributed by atoms with van der Waals surface area (Å²) in [4.78, 5) is 9.39. The standard InChI is InChI=1S/C32H28NS.C15H18NSi.Ir/c1-2-5-23(6-3-1)25-13-14-31-29(20-25)27-7-4-8-28(32(27)34-31)30-19-22(15-16-33-30)18-26-17-21-9-11-24(26)12-10-21;1-12-10-14(13-8-6-5-7-9-13)16-11-15(12)17(2,3)4;/h1-7,13-16,19-21,24,26H,9-12,17-18H2;5-8,10-11H,1-4H3;/q2*-1;. The molecule has 0 spiro atoms. The van der Waals surface area contributed by atoms with E-state index in [9.17, 15) is 0 Å². The van der Waals surface area contributed by atoms with Crippen molar-refractivity contribution in [1.82, 2.24) is 9.97 Å². The molecule has 0 saturated heterocycles. The number of aromatic nitrogens is 2. The van der Waals surface area contributed by atoms with Crippen molar-refractivity contribution in [3.8, 4) is 33.6 Å². The molecule has 10 rings (SSSR count). The van der Waals surface area contributed by atoms with Gasteiger partial charge in [0.1, 0.15) is 0 Å². The normalized spacial score (nSPS) is 18.1. The molecule has 5 heteroatoms. The fraction of sp³-hybridized carbons (Fsp3) is 0.277. The van der Waals surface area contributed by atoms with E-state index in [0.29, 0.717) is 0 Å². The second kappa shape index (κ2) is 15.7. The van der Waals surface area contributed by atoms with Crippen molar-refractivity contribution in [2.75, 3.05) is 0 Å². The van der Waals surface area contributed by atoms with Crippen LogP contribution in [0.25, 0.3) is 53.8 Å². The molecule has 0 aliphatic heterocycles. The van der Waals surface area contributed by atoms with E-state index in [0.717, 1.165) is 40.3 Å². The third-order valence-electron chi connectivity index (χ3n) is 11.2. The molecular weight excluding hydrogens is 845 g/mol. The molecule has 1 radical (unpaired) electrons. The van der Waals surface area contributed by atoms with Crippen molar-refractivity contribution in [3.63, 3.8) is 0 Å². The van der Waals surface area contributed by atoms with Gasteiger partial charge in [0.15, 0.2) is 0 Å². The van der Waals surface area contributed by atoms with E-state index in [2.05, 4.69) is 135 Å². The summed E-state index contributed by atoms with van der Waals surface area (Å²) < 4.78 is 2.62. The SMILES string of the molecule is Cc1cc(-c2[c-]cccc2)ncc1[Si](C)(C)C.[Ir].[c-]1ccc2c(sc3ccc(-c4ccccc4)cc32)c1-c1cc(CC2CC3CCC2CC3)ccn1. The first-order valence-electron chi connectivity index (χ1n) is 18.6. The molecule has 0 amide bonds. The van der Waals surface area contributed by atoms with E-state index >= 15 is 0 Å². The van der Waals surface area contributed by atoms with E-state index in [-0.39, 0.29) is 20.1 Å². The molecule has 3 aliphatic carbocycles. The minimum Gasteiger partial charge on any atom is -0.305 e. The molecular formula is C47H46IrN2SSi-2. The number of hydrogen-bond donors (Lipinski definition) is 0. The van der Waals surface area contributed by atoms with E-state index in [4.69, 9.17) is 4.98 Å². The van der Waals surface area contributed by atoms with Gasteiger partial charge in [-0.2, -0.15) is 11.3 Å². The molecule has 2 nitrogen and oxygen atoms in total. The molecule has 3 aliphatic rings.